The number of rotatable bonds is 5. The molecule has 2 aromatic rings. The van der Waals surface area contributed by atoms with Crippen molar-refractivity contribution < 1.29 is 17.9 Å². The number of hydrogen-bond donors (Lipinski definition) is 0. The lowest BCUT2D eigenvalue weighted by Gasteiger charge is -2.33. The van der Waals surface area contributed by atoms with E-state index in [9.17, 15) is 13.2 Å². The number of piperazine rings is 1. The molecule has 0 atom stereocenters. The Morgan fingerprint density at radius 3 is 2.56 bits per heavy atom. The quantitative estimate of drug-likeness (QED) is 0.798. The van der Waals surface area contributed by atoms with Gasteiger partial charge in [0.1, 0.15) is 9.96 Å². The third-order valence-electron chi connectivity index (χ3n) is 4.01. The van der Waals surface area contributed by atoms with Crippen molar-refractivity contribution in [1.29, 1.82) is 0 Å². The number of hydrogen-bond acceptors (Lipinski definition) is 5. The van der Waals surface area contributed by atoms with Gasteiger partial charge in [0.25, 0.3) is 15.9 Å². The summed E-state index contributed by atoms with van der Waals surface area (Å²) in [7, 11) is -3.45. The maximum absolute atomic E-state index is 12.6. The van der Waals surface area contributed by atoms with E-state index >= 15 is 0 Å². The van der Waals surface area contributed by atoms with Crippen molar-refractivity contribution in [3.8, 4) is 5.75 Å². The Labute approximate surface area is 151 Å². The van der Waals surface area contributed by atoms with Gasteiger partial charge in [-0.05, 0) is 36.6 Å². The number of ether oxygens (including phenoxy) is 1. The highest BCUT2D eigenvalue weighted by atomic mass is 32.2. The second kappa shape index (κ2) is 7.55. The number of sulfonamides is 1. The van der Waals surface area contributed by atoms with E-state index in [0.717, 1.165) is 0 Å². The van der Waals surface area contributed by atoms with Crippen molar-refractivity contribution in [3.63, 3.8) is 0 Å². The predicted molar refractivity (Wildman–Crippen MR) is 96.6 cm³/mol. The van der Waals surface area contributed by atoms with Gasteiger partial charge in [-0.3, -0.25) is 4.79 Å². The van der Waals surface area contributed by atoms with Crippen LogP contribution in [0.1, 0.15) is 17.3 Å². The first-order chi connectivity index (χ1) is 12.0. The summed E-state index contributed by atoms with van der Waals surface area (Å²) in [4.78, 5) is 14.3. The maximum atomic E-state index is 12.6. The van der Waals surface area contributed by atoms with Crippen LogP contribution in [0, 0.1) is 0 Å². The SMILES string of the molecule is CCOc1cccc(C(=O)N2CCN(S(=O)(=O)c3cccs3)CC2)c1. The molecule has 6 nitrogen and oxygen atoms in total. The highest BCUT2D eigenvalue weighted by Gasteiger charge is 2.31. The summed E-state index contributed by atoms with van der Waals surface area (Å²) in [6, 6.07) is 10.4. The van der Waals surface area contributed by atoms with Gasteiger partial charge < -0.3 is 9.64 Å². The van der Waals surface area contributed by atoms with Gasteiger partial charge in [-0.15, -0.1) is 11.3 Å². The van der Waals surface area contributed by atoms with Crippen LogP contribution in [0.3, 0.4) is 0 Å². The minimum atomic E-state index is -3.45. The van der Waals surface area contributed by atoms with Gasteiger partial charge in [-0.2, -0.15) is 4.31 Å². The number of nitrogens with zero attached hydrogens (tertiary/aromatic N) is 2. The molecular weight excluding hydrogens is 360 g/mol. The Kier molecular flexibility index (Phi) is 5.41. The van der Waals surface area contributed by atoms with Crippen molar-refractivity contribution in [2.75, 3.05) is 32.8 Å². The van der Waals surface area contributed by atoms with E-state index in [2.05, 4.69) is 0 Å². The number of thiophene rings is 1. The molecular formula is C17H20N2O4S2. The van der Waals surface area contributed by atoms with Gasteiger partial charge in [0.15, 0.2) is 0 Å². The molecule has 1 aliphatic heterocycles. The molecule has 1 fully saturated rings. The predicted octanol–water partition coefficient (Wildman–Crippen LogP) is 2.29. The van der Waals surface area contributed by atoms with Crippen molar-refractivity contribution in [3.05, 3.63) is 47.3 Å². The Bertz CT molecular complexity index is 826. The molecule has 0 N–H and O–H groups in total. The van der Waals surface area contributed by atoms with Gasteiger partial charge in [-0.25, -0.2) is 8.42 Å². The minimum absolute atomic E-state index is 0.102. The molecule has 0 aliphatic carbocycles. The molecule has 3 rings (SSSR count). The summed E-state index contributed by atoms with van der Waals surface area (Å²) in [5.41, 5.74) is 0.556. The average Bonchev–Trinajstić information content (AvgIpc) is 3.17. The monoisotopic (exact) mass is 380 g/mol. The second-order valence-corrected chi connectivity index (χ2v) is 8.70. The maximum Gasteiger partial charge on any atom is 0.254 e. The van der Waals surface area contributed by atoms with E-state index in [1.54, 1.807) is 40.6 Å². The van der Waals surface area contributed by atoms with Crippen LogP contribution in [0.15, 0.2) is 46.0 Å². The zero-order chi connectivity index (χ0) is 17.9. The van der Waals surface area contributed by atoms with Crippen molar-refractivity contribution in [1.82, 2.24) is 9.21 Å². The van der Waals surface area contributed by atoms with E-state index in [0.29, 0.717) is 48.3 Å². The molecule has 1 amide bonds. The van der Waals surface area contributed by atoms with E-state index in [1.807, 2.05) is 13.0 Å². The lowest BCUT2D eigenvalue weighted by Crippen LogP contribution is -2.50. The molecule has 134 valence electrons. The smallest absolute Gasteiger partial charge is 0.254 e. The van der Waals surface area contributed by atoms with Crippen LogP contribution in [0.4, 0.5) is 0 Å². The summed E-state index contributed by atoms with van der Waals surface area (Å²) in [6.45, 7) is 3.79. The van der Waals surface area contributed by atoms with E-state index < -0.39 is 10.0 Å². The lowest BCUT2D eigenvalue weighted by molar-refractivity contribution is 0.0697. The summed E-state index contributed by atoms with van der Waals surface area (Å²) in [6.07, 6.45) is 0. The minimum Gasteiger partial charge on any atom is -0.494 e. The van der Waals surface area contributed by atoms with Gasteiger partial charge in [-0.1, -0.05) is 12.1 Å². The average molecular weight is 380 g/mol. The molecule has 8 heteroatoms. The van der Waals surface area contributed by atoms with Crippen LogP contribution in [0.5, 0.6) is 5.75 Å². The van der Waals surface area contributed by atoms with Crippen LogP contribution in [0.2, 0.25) is 0 Å². The van der Waals surface area contributed by atoms with Crippen LogP contribution < -0.4 is 4.74 Å². The van der Waals surface area contributed by atoms with E-state index in [1.165, 1.54) is 15.6 Å². The summed E-state index contributed by atoms with van der Waals surface area (Å²) >= 11 is 1.21. The molecule has 0 unspecified atom stereocenters. The first-order valence-corrected chi connectivity index (χ1v) is 10.4. The van der Waals surface area contributed by atoms with Gasteiger partial charge >= 0.3 is 0 Å². The van der Waals surface area contributed by atoms with Crippen molar-refractivity contribution >= 4 is 27.3 Å². The Morgan fingerprint density at radius 2 is 1.92 bits per heavy atom. The topological polar surface area (TPSA) is 66.9 Å². The van der Waals surface area contributed by atoms with Crippen molar-refractivity contribution in [2.24, 2.45) is 0 Å². The molecule has 0 saturated carbocycles. The Hall–Kier alpha value is -1.90. The highest BCUT2D eigenvalue weighted by Crippen LogP contribution is 2.23. The molecule has 1 aliphatic rings. The highest BCUT2D eigenvalue weighted by molar-refractivity contribution is 7.91. The van der Waals surface area contributed by atoms with Crippen LogP contribution in [-0.4, -0.2) is 56.3 Å². The van der Waals surface area contributed by atoms with Crippen LogP contribution >= 0.6 is 11.3 Å². The second-order valence-electron chi connectivity index (χ2n) is 5.59. The fraction of sp³-hybridized carbons (Fsp3) is 0.353. The van der Waals surface area contributed by atoms with E-state index in [-0.39, 0.29) is 5.91 Å². The van der Waals surface area contributed by atoms with E-state index in [4.69, 9.17) is 4.74 Å². The molecule has 25 heavy (non-hydrogen) atoms. The van der Waals surface area contributed by atoms with Gasteiger partial charge in [0.05, 0.1) is 6.61 Å². The van der Waals surface area contributed by atoms with Gasteiger partial charge in [0.2, 0.25) is 0 Å². The fourth-order valence-corrected chi connectivity index (χ4v) is 5.30. The zero-order valence-corrected chi connectivity index (χ0v) is 15.6. The molecule has 0 bridgehead atoms. The first kappa shape index (κ1) is 17.9. The number of benzene rings is 1. The number of amides is 1. The normalized spacial score (nSPS) is 16.0. The summed E-state index contributed by atoms with van der Waals surface area (Å²) in [5.74, 6) is 0.557. The van der Waals surface area contributed by atoms with Crippen LogP contribution in [0.25, 0.3) is 0 Å². The largest absolute Gasteiger partial charge is 0.494 e. The number of carbonyl (C=O) groups excluding carboxylic acids is 1. The standard InChI is InChI=1S/C17H20N2O4S2/c1-2-23-15-6-3-5-14(13-15)17(20)18-8-10-19(11-9-18)25(21,22)16-7-4-12-24-16/h3-7,12-13H,2,8-11H2,1H3. The first-order valence-electron chi connectivity index (χ1n) is 8.08. The summed E-state index contributed by atoms with van der Waals surface area (Å²) < 4.78 is 32.3. The lowest BCUT2D eigenvalue weighted by atomic mass is 10.1. The zero-order valence-electron chi connectivity index (χ0n) is 13.9. The molecule has 2 heterocycles. The van der Waals surface area contributed by atoms with Crippen molar-refractivity contribution in [2.45, 2.75) is 11.1 Å². The molecule has 1 aromatic heterocycles. The Morgan fingerprint density at radius 1 is 1.16 bits per heavy atom. The molecule has 1 aromatic carbocycles. The third kappa shape index (κ3) is 3.86. The third-order valence-corrected chi connectivity index (χ3v) is 7.28. The van der Waals surface area contributed by atoms with Gasteiger partial charge in [0, 0.05) is 31.7 Å². The number of carbonyl (C=O) groups is 1. The molecule has 0 spiro atoms. The molecule has 1 saturated heterocycles. The Balaban J connectivity index is 1.66. The fourth-order valence-electron chi connectivity index (χ4n) is 2.74. The van der Waals surface area contributed by atoms with Crippen LogP contribution in [-0.2, 0) is 10.0 Å². The molecule has 0 radical (unpaired) electrons. The summed E-state index contributed by atoms with van der Waals surface area (Å²) in [5, 5.41) is 1.75.